The van der Waals surface area contributed by atoms with Gasteiger partial charge in [0, 0.05) is 16.1 Å². The van der Waals surface area contributed by atoms with Crippen molar-refractivity contribution in [3.63, 3.8) is 0 Å². The molecule has 0 spiro atoms. The van der Waals surface area contributed by atoms with Gasteiger partial charge in [-0.3, -0.25) is 9.63 Å². The molecule has 1 aliphatic rings. The van der Waals surface area contributed by atoms with Gasteiger partial charge < -0.3 is 0 Å². The van der Waals surface area contributed by atoms with Gasteiger partial charge in [-0.2, -0.15) is 0 Å². The van der Waals surface area contributed by atoms with Crippen molar-refractivity contribution in [2.75, 3.05) is 0 Å². The van der Waals surface area contributed by atoms with Gasteiger partial charge in [0.05, 0.1) is 6.10 Å². The molecule has 0 atom stereocenters. The highest BCUT2D eigenvalue weighted by molar-refractivity contribution is 9.10. The van der Waals surface area contributed by atoms with Gasteiger partial charge in [0.1, 0.15) is 5.82 Å². The number of nitrogens with one attached hydrogen (secondary N) is 1. The monoisotopic (exact) mass is 327 g/mol. The number of hydrogen-bond donors (Lipinski definition) is 1. The first-order valence-electron chi connectivity index (χ1n) is 6.24. The fourth-order valence-electron chi connectivity index (χ4n) is 1.99. The van der Waals surface area contributed by atoms with E-state index in [1.54, 1.807) is 12.1 Å². The Morgan fingerprint density at radius 2 is 2.16 bits per heavy atom. The second-order valence-electron chi connectivity index (χ2n) is 4.49. The lowest BCUT2D eigenvalue weighted by Gasteiger charge is -2.09. The molecule has 3 nitrogen and oxygen atoms in total. The molecule has 0 unspecified atom stereocenters. The van der Waals surface area contributed by atoms with Crippen molar-refractivity contribution < 1.29 is 14.0 Å². The number of halogens is 2. The van der Waals surface area contributed by atoms with Crippen LogP contribution in [0.1, 0.15) is 31.2 Å². The lowest BCUT2D eigenvalue weighted by atomic mass is 10.2. The minimum Gasteiger partial charge on any atom is -0.270 e. The Bertz CT molecular complexity index is 484. The second-order valence-corrected chi connectivity index (χ2v) is 5.41. The first-order chi connectivity index (χ1) is 9.15. The summed E-state index contributed by atoms with van der Waals surface area (Å²) in [5.41, 5.74) is 2.72. The van der Waals surface area contributed by atoms with Crippen molar-refractivity contribution in [1.29, 1.82) is 0 Å². The van der Waals surface area contributed by atoms with Crippen LogP contribution in [0.15, 0.2) is 28.7 Å². The molecule has 0 radical (unpaired) electrons. The summed E-state index contributed by atoms with van der Waals surface area (Å²) >= 11 is 3.25. The number of rotatable bonds is 4. The van der Waals surface area contributed by atoms with Crippen molar-refractivity contribution in [1.82, 2.24) is 5.48 Å². The molecule has 0 saturated heterocycles. The number of carbonyl (C=O) groups is 1. The Morgan fingerprint density at radius 3 is 2.89 bits per heavy atom. The summed E-state index contributed by atoms with van der Waals surface area (Å²) in [6.45, 7) is 0. The van der Waals surface area contributed by atoms with E-state index in [-0.39, 0.29) is 17.8 Å². The van der Waals surface area contributed by atoms with Crippen molar-refractivity contribution in [3.05, 3.63) is 40.1 Å². The molecule has 1 fully saturated rings. The predicted octanol–water partition coefficient (Wildman–Crippen LogP) is 3.59. The zero-order valence-electron chi connectivity index (χ0n) is 10.4. The molecule has 1 saturated carbocycles. The van der Waals surface area contributed by atoms with Crippen LogP contribution in [0.4, 0.5) is 4.39 Å². The molecule has 2 rings (SSSR count). The third-order valence-electron chi connectivity index (χ3n) is 3.00. The maximum atomic E-state index is 13.4. The molecule has 1 N–H and O–H groups in total. The standard InChI is InChI=1S/C14H15BrFNO2/c15-11-6-7-13(16)10(9-11)5-8-14(18)17-19-12-3-1-2-4-12/h5-9,12H,1-4H2,(H,17,18)/b8-5+. The molecular formula is C14H15BrFNO2. The summed E-state index contributed by atoms with van der Waals surface area (Å²) in [5, 5.41) is 0. The highest BCUT2D eigenvalue weighted by Gasteiger charge is 2.16. The first-order valence-corrected chi connectivity index (χ1v) is 7.03. The zero-order valence-corrected chi connectivity index (χ0v) is 12.0. The van der Waals surface area contributed by atoms with Crippen LogP contribution >= 0.6 is 15.9 Å². The number of amides is 1. The van der Waals surface area contributed by atoms with Gasteiger partial charge in [0.25, 0.3) is 5.91 Å². The molecule has 5 heteroatoms. The van der Waals surface area contributed by atoms with Crippen LogP contribution < -0.4 is 5.48 Å². The van der Waals surface area contributed by atoms with E-state index in [1.807, 2.05) is 0 Å². The molecule has 1 aromatic rings. The largest absolute Gasteiger partial charge is 0.270 e. The maximum absolute atomic E-state index is 13.4. The molecule has 0 aliphatic heterocycles. The summed E-state index contributed by atoms with van der Waals surface area (Å²) in [6, 6.07) is 4.56. The molecule has 1 aromatic carbocycles. The van der Waals surface area contributed by atoms with Crippen LogP contribution in [0, 0.1) is 5.82 Å². The lowest BCUT2D eigenvalue weighted by molar-refractivity contribution is -0.132. The highest BCUT2D eigenvalue weighted by Crippen LogP contribution is 2.20. The van der Waals surface area contributed by atoms with Crippen molar-refractivity contribution in [2.45, 2.75) is 31.8 Å². The van der Waals surface area contributed by atoms with E-state index in [2.05, 4.69) is 21.4 Å². The topological polar surface area (TPSA) is 38.3 Å². The molecule has 19 heavy (non-hydrogen) atoms. The molecule has 0 aromatic heterocycles. The SMILES string of the molecule is O=C(/C=C/c1cc(Br)ccc1F)NOC1CCCC1. The number of carbonyl (C=O) groups excluding carboxylic acids is 1. The number of hydrogen-bond acceptors (Lipinski definition) is 2. The molecule has 102 valence electrons. The lowest BCUT2D eigenvalue weighted by Crippen LogP contribution is -2.26. The zero-order chi connectivity index (χ0) is 13.7. The van der Waals surface area contributed by atoms with Gasteiger partial charge in [-0.05, 0) is 37.1 Å². The van der Waals surface area contributed by atoms with E-state index in [0.717, 1.165) is 30.2 Å². The van der Waals surface area contributed by atoms with E-state index < -0.39 is 0 Å². The molecule has 1 amide bonds. The normalized spacial score (nSPS) is 16.1. The Labute approximate surface area is 119 Å². The average Bonchev–Trinajstić information content (AvgIpc) is 2.90. The third-order valence-corrected chi connectivity index (χ3v) is 3.49. The number of hydroxylamine groups is 1. The minimum absolute atomic E-state index is 0.111. The van der Waals surface area contributed by atoms with Crippen LogP contribution in [0.3, 0.4) is 0 Å². The quantitative estimate of drug-likeness (QED) is 0.678. The average molecular weight is 328 g/mol. The van der Waals surface area contributed by atoms with Gasteiger partial charge in [-0.15, -0.1) is 0 Å². The van der Waals surface area contributed by atoms with Crippen molar-refractivity contribution >= 4 is 27.9 Å². The summed E-state index contributed by atoms with van der Waals surface area (Å²) in [6.07, 6.45) is 7.03. The second kappa shape index (κ2) is 6.82. The van der Waals surface area contributed by atoms with Gasteiger partial charge in [-0.1, -0.05) is 28.8 Å². The first kappa shape index (κ1) is 14.2. The van der Waals surface area contributed by atoms with Gasteiger partial charge >= 0.3 is 0 Å². The van der Waals surface area contributed by atoms with E-state index in [0.29, 0.717) is 5.56 Å². The Hall–Kier alpha value is -1.20. The molecular weight excluding hydrogens is 313 g/mol. The van der Waals surface area contributed by atoms with Crippen LogP contribution in [-0.4, -0.2) is 12.0 Å². The predicted molar refractivity (Wildman–Crippen MR) is 74.6 cm³/mol. The van der Waals surface area contributed by atoms with Crippen LogP contribution in [-0.2, 0) is 9.63 Å². The summed E-state index contributed by atoms with van der Waals surface area (Å²) < 4.78 is 14.2. The molecule has 0 heterocycles. The van der Waals surface area contributed by atoms with Crippen molar-refractivity contribution in [3.8, 4) is 0 Å². The molecule has 1 aliphatic carbocycles. The summed E-state index contributed by atoms with van der Waals surface area (Å²) in [4.78, 5) is 16.8. The van der Waals surface area contributed by atoms with Gasteiger partial charge in [0.2, 0.25) is 0 Å². The third kappa shape index (κ3) is 4.44. The number of benzene rings is 1. The summed E-state index contributed by atoms with van der Waals surface area (Å²) in [7, 11) is 0. The Balaban J connectivity index is 1.86. The van der Waals surface area contributed by atoms with E-state index >= 15 is 0 Å². The fraction of sp³-hybridized carbons (Fsp3) is 0.357. The Kier molecular flexibility index (Phi) is 5.10. The van der Waals surface area contributed by atoms with Crippen LogP contribution in [0.25, 0.3) is 6.08 Å². The van der Waals surface area contributed by atoms with Crippen LogP contribution in [0.2, 0.25) is 0 Å². The van der Waals surface area contributed by atoms with Crippen LogP contribution in [0.5, 0.6) is 0 Å². The molecule has 0 bridgehead atoms. The Morgan fingerprint density at radius 1 is 1.42 bits per heavy atom. The van der Waals surface area contributed by atoms with E-state index in [9.17, 15) is 9.18 Å². The summed E-state index contributed by atoms with van der Waals surface area (Å²) in [5.74, 6) is -0.754. The highest BCUT2D eigenvalue weighted by atomic mass is 79.9. The van der Waals surface area contributed by atoms with E-state index in [4.69, 9.17) is 4.84 Å². The maximum Gasteiger partial charge on any atom is 0.267 e. The smallest absolute Gasteiger partial charge is 0.267 e. The fourth-order valence-corrected chi connectivity index (χ4v) is 2.37. The van der Waals surface area contributed by atoms with Gasteiger partial charge in [0.15, 0.2) is 0 Å². The minimum atomic E-state index is -0.383. The van der Waals surface area contributed by atoms with E-state index in [1.165, 1.54) is 18.2 Å². The van der Waals surface area contributed by atoms with Gasteiger partial charge in [-0.25, -0.2) is 9.87 Å². The van der Waals surface area contributed by atoms with Crippen molar-refractivity contribution in [2.24, 2.45) is 0 Å².